The molecule has 0 saturated heterocycles. The Morgan fingerprint density at radius 1 is 0.970 bits per heavy atom. The summed E-state index contributed by atoms with van der Waals surface area (Å²) in [5.41, 5.74) is 2.44. The zero-order valence-electron chi connectivity index (χ0n) is 18.2. The number of fused-ring (bicyclic) bond motifs is 3. The molecule has 3 N–H and O–H groups in total. The van der Waals surface area contributed by atoms with Gasteiger partial charge in [-0.15, -0.1) is 0 Å². The molecule has 9 heteroatoms. The van der Waals surface area contributed by atoms with Gasteiger partial charge in [0.25, 0.3) is 0 Å². The Labute approximate surface area is 191 Å². The van der Waals surface area contributed by atoms with E-state index < -0.39 is 12.0 Å². The zero-order valence-corrected chi connectivity index (χ0v) is 18.2. The van der Waals surface area contributed by atoms with Crippen molar-refractivity contribution in [3.63, 3.8) is 0 Å². The van der Waals surface area contributed by atoms with Gasteiger partial charge in [0, 0.05) is 26.1 Å². The second-order valence-corrected chi connectivity index (χ2v) is 8.00. The number of imidazole rings is 1. The lowest BCUT2D eigenvalue weighted by atomic mass is 10.1. The first-order valence-electron chi connectivity index (χ1n) is 11.1. The Morgan fingerprint density at radius 3 is 2.52 bits per heavy atom. The van der Waals surface area contributed by atoms with Crippen LogP contribution < -0.4 is 15.5 Å². The summed E-state index contributed by atoms with van der Waals surface area (Å²) in [6.07, 6.45) is 2.32. The van der Waals surface area contributed by atoms with Gasteiger partial charge in [-0.3, -0.25) is 9.69 Å². The molecule has 0 saturated carbocycles. The normalized spacial score (nSPS) is 13.5. The van der Waals surface area contributed by atoms with Gasteiger partial charge >= 0.3 is 12.0 Å². The van der Waals surface area contributed by atoms with Crippen molar-refractivity contribution in [2.45, 2.75) is 38.3 Å². The van der Waals surface area contributed by atoms with Crippen LogP contribution in [0, 0.1) is 0 Å². The van der Waals surface area contributed by atoms with Gasteiger partial charge in [0.15, 0.2) is 6.04 Å². The van der Waals surface area contributed by atoms with Crippen molar-refractivity contribution in [1.82, 2.24) is 20.2 Å². The van der Waals surface area contributed by atoms with E-state index >= 15 is 0 Å². The van der Waals surface area contributed by atoms with Gasteiger partial charge in [0.2, 0.25) is 11.9 Å². The van der Waals surface area contributed by atoms with Crippen molar-refractivity contribution in [2.24, 2.45) is 0 Å². The lowest BCUT2D eigenvalue weighted by Gasteiger charge is -2.15. The maximum Gasteiger partial charge on any atom is 0.330 e. The van der Waals surface area contributed by atoms with Crippen LogP contribution in [0.4, 0.5) is 10.7 Å². The number of aliphatic carboxylic acids is 1. The van der Waals surface area contributed by atoms with Crippen LogP contribution in [0.3, 0.4) is 0 Å². The highest BCUT2D eigenvalue weighted by Gasteiger charge is 2.28. The number of aromatic nitrogens is 2. The third-order valence-electron chi connectivity index (χ3n) is 5.71. The van der Waals surface area contributed by atoms with E-state index in [2.05, 4.69) is 15.6 Å². The minimum atomic E-state index is -1.09. The number of carboxylic acid groups (broad SMARTS) is 1. The van der Waals surface area contributed by atoms with E-state index in [9.17, 15) is 19.5 Å². The molecular formula is C24H27N5O4. The van der Waals surface area contributed by atoms with Gasteiger partial charge in [0.1, 0.15) is 0 Å². The van der Waals surface area contributed by atoms with Crippen molar-refractivity contribution in [1.29, 1.82) is 0 Å². The topological polar surface area (TPSA) is 117 Å². The summed E-state index contributed by atoms with van der Waals surface area (Å²) in [6, 6.07) is 15.2. The fraction of sp³-hybridized carbons (Fsp3) is 0.333. The van der Waals surface area contributed by atoms with E-state index in [4.69, 9.17) is 0 Å². The standard InChI is InChI=1S/C24H27N5O4/c30-20(27-21(22(31)32)17-9-3-1-4-10-17)13-5-2-8-14-25-24(33)29-16-15-28-19-12-7-6-11-18(19)26-23(28)29/h1,3-4,6-7,9-12,21H,2,5,8,13-16H2,(H,25,33)(H,27,30)(H,31,32)/t21-/m0/s1. The van der Waals surface area contributed by atoms with E-state index in [0.29, 0.717) is 31.0 Å². The molecule has 1 aliphatic rings. The van der Waals surface area contributed by atoms with Crippen LogP contribution in [-0.4, -0.2) is 45.7 Å². The van der Waals surface area contributed by atoms with E-state index in [1.165, 1.54) is 0 Å². The van der Waals surface area contributed by atoms with Crippen LogP contribution in [0.25, 0.3) is 11.0 Å². The average Bonchev–Trinajstić information content (AvgIpc) is 3.39. The lowest BCUT2D eigenvalue weighted by Crippen LogP contribution is -2.39. The monoisotopic (exact) mass is 449 g/mol. The first-order chi connectivity index (χ1) is 16.0. The first-order valence-corrected chi connectivity index (χ1v) is 11.1. The summed E-state index contributed by atoms with van der Waals surface area (Å²) >= 11 is 0. The number of carboxylic acids is 1. The molecule has 0 radical (unpaired) electrons. The Kier molecular flexibility index (Phi) is 6.87. The van der Waals surface area contributed by atoms with Crippen LogP contribution in [-0.2, 0) is 16.1 Å². The largest absolute Gasteiger partial charge is 0.479 e. The number of urea groups is 1. The molecule has 3 aromatic rings. The molecule has 4 rings (SSSR count). The van der Waals surface area contributed by atoms with Crippen molar-refractivity contribution in [3.8, 4) is 0 Å². The molecule has 0 unspecified atom stereocenters. The minimum absolute atomic E-state index is 0.172. The number of nitrogens with one attached hydrogen (secondary N) is 2. The Hall–Kier alpha value is -3.88. The molecule has 0 fully saturated rings. The molecule has 0 spiro atoms. The number of para-hydroxylation sites is 2. The number of benzene rings is 2. The van der Waals surface area contributed by atoms with Gasteiger partial charge < -0.3 is 20.3 Å². The number of rotatable bonds is 9. The highest BCUT2D eigenvalue weighted by atomic mass is 16.4. The van der Waals surface area contributed by atoms with Crippen LogP contribution in [0.5, 0.6) is 0 Å². The molecule has 9 nitrogen and oxygen atoms in total. The maximum absolute atomic E-state index is 12.6. The molecule has 2 aromatic carbocycles. The van der Waals surface area contributed by atoms with Gasteiger partial charge in [-0.1, -0.05) is 48.9 Å². The van der Waals surface area contributed by atoms with Gasteiger partial charge in [-0.2, -0.15) is 0 Å². The zero-order chi connectivity index (χ0) is 23.2. The lowest BCUT2D eigenvalue weighted by molar-refractivity contribution is -0.142. The molecule has 172 valence electrons. The van der Waals surface area contributed by atoms with Crippen molar-refractivity contribution in [3.05, 3.63) is 60.2 Å². The number of hydrogen-bond acceptors (Lipinski definition) is 4. The Balaban J connectivity index is 1.17. The molecule has 1 atom stereocenters. The number of carbonyl (C=O) groups excluding carboxylic acids is 2. The summed E-state index contributed by atoms with van der Waals surface area (Å²) in [4.78, 5) is 42.5. The van der Waals surface area contributed by atoms with E-state index in [1.807, 2.05) is 28.8 Å². The number of amides is 3. The van der Waals surface area contributed by atoms with Crippen molar-refractivity contribution in [2.75, 3.05) is 18.0 Å². The fourth-order valence-electron chi connectivity index (χ4n) is 4.03. The summed E-state index contributed by atoms with van der Waals surface area (Å²) in [6.45, 7) is 1.81. The van der Waals surface area contributed by atoms with E-state index in [1.54, 1.807) is 35.2 Å². The van der Waals surface area contributed by atoms with Crippen molar-refractivity contribution < 1.29 is 19.5 Å². The molecular weight excluding hydrogens is 422 g/mol. The number of nitrogens with zero attached hydrogens (tertiary/aromatic N) is 3. The quantitative estimate of drug-likeness (QED) is 0.434. The summed E-state index contributed by atoms with van der Waals surface area (Å²) in [7, 11) is 0. The molecule has 0 aliphatic carbocycles. The summed E-state index contributed by atoms with van der Waals surface area (Å²) in [5, 5.41) is 14.9. The Bertz CT molecular complexity index is 1140. The van der Waals surface area contributed by atoms with Gasteiger partial charge in [0.05, 0.1) is 11.0 Å². The van der Waals surface area contributed by atoms with Gasteiger partial charge in [-0.25, -0.2) is 14.6 Å². The summed E-state index contributed by atoms with van der Waals surface area (Å²) in [5.74, 6) is -0.726. The van der Waals surface area contributed by atoms with Gasteiger partial charge in [-0.05, 0) is 30.5 Å². The number of hydrogen-bond donors (Lipinski definition) is 3. The van der Waals surface area contributed by atoms with Crippen LogP contribution >= 0.6 is 0 Å². The second-order valence-electron chi connectivity index (χ2n) is 8.00. The second kappa shape index (κ2) is 10.2. The molecule has 1 aliphatic heterocycles. The van der Waals surface area contributed by atoms with E-state index in [0.717, 1.165) is 30.4 Å². The molecule has 0 bridgehead atoms. The van der Waals surface area contributed by atoms with E-state index in [-0.39, 0.29) is 18.4 Å². The summed E-state index contributed by atoms with van der Waals surface area (Å²) < 4.78 is 2.05. The molecule has 2 heterocycles. The van der Waals surface area contributed by atoms with Crippen LogP contribution in [0.15, 0.2) is 54.6 Å². The number of carbonyl (C=O) groups is 3. The number of anilines is 1. The highest BCUT2D eigenvalue weighted by Crippen LogP contribution is 2.27. The Morgan fingerprint density at radius 2 is 1.73 bits per heavy atom. The number of unbranched alkanes of at least 4 members (excludes halogenated alkanes) is 2. The molecule has 33 heavy (non-hydrogen) atoms. The smallest absolute Gasteiger partial charge is 0.330 e. The van der Waals surface area contributed by atoms with Crippen LogP contribution in [0.1, 0.15) is 37.3 Å². The third kappa shape index (κ3) is 5.14. The fourth-order valence-corrected chi connectivity index (χ4v) is 4.03. The third-order valence-corrected chi connectivity index (χ3v) is 5.71. The predicted molar refractivity (Wildman–Crippen MR) is 124 cm³/mol. The molecule has 3 amide bonds. The van der Waals surface area contributed by atoms with Crippen molar-refractivity contribution >= 4 is 34.9 Å². The highest BCUT2D eigenvalue weighted by molar-refractivity contribution is 5.93. The first kappa shape index (κ1) is 22.3. The predicted octanol–water partition coefficient (Wildman–Crippen LogP) is 3.07. The average molecular weight is 450 g/mol. The maximum atomic E-state index is 12.6. The SMILES string of the molecule is O=C(CCCCCNC(=O)N1CCn2c1nc1ccccc12)N[C@H](C(=O)O)c1ccccc1. The molecule has 1 aromatic heterocycles. The van der Waals surface area contributed by atoms with Crippen LogP contribution in [0.2, 0.25) is 0 Å². The minimum Gasteiger partial charge on any atom is -0.479 e.